The minimum Gasteiger partial charge on any atom is -0.493 e. The van der Waals surface area contributed by atoms with E-state index in [1.165, 1.54) is 12.1 Å². The first-order chi connectivity index (χ1) is 12.5. The lowest BCUT2D eigenvalue weighted by Gasteiger charge is -2.32. The van der Waals surface area contributed by atoms with E-state index in [2.05, 4.69) is 5.32 Å². The maximum atomic E-state index is 13.2. The SMILES string of the molecule is [2H]C1([2H])Oc2ccc(OC[C@@H]3CNCCC3c3ccc(F)cc3)cc2O1. The van der Waals surface area contributed by atoms with Crippen LogP contribution < -0.4 is 19.5 Å². The minimum atomic E-state index is -2.14. The van der Waals surface area contributed by atoms with Crippen molar-refractivity contribution in [3.8, 4) is 17.2 Å². The third-order valence-electron chi connectivity index (χ3n) is 4.59. The Kier molecular flexibility index (Phi) is 3.64. The normalized spacial score (nSPS) is 25.7. The van der Waals surface area contributed by atoms with Crippen molar-refractivity contribution < 1.29 is 21.3 Å². The molecule has 2 aromatic carbocycles. The molecule has 2 aromatic rings. The zero-order chi connectivity index (χ0) is 18.1. The molecule has 0 bridgehead atoms. The van der Waals surface area contributed by atoms with Crippen molar-refractivity contribution in [3.05, 3.63) is 53.8 Å². The molecule has 0 aliphatic carbocycles. The molecule has 0 radical (unpaired) electrons. The van der Waals surface area contributed by atoms with Gasteiger partial charge in [0, 0.05) is 18.5 Å². The van der Waals surface area contributed by atoms with Crippen LogP contribution in [0.25, 0.3) is 0 Å². The molecule has 1 unspecified atom stereocenters. The van der Waals surface area contributed by atoms with Crippen molar-refractivity contribution in [2.24, 2.45) is 5.92 Å². The summed E-state index contributed by atoms with van der Waals surface area (Å²) in [6.45, 7) is 0.121. The molecule has 0 saturated carbocycles. The maximum Gasteiger partial charge on any atom is 0.231 e. The van der Waals surface area contributed by atoms with E-state index >= 15 is 0 Å². The Bertz CT molecular complexity index is 785. The Hall–Kier alpha value is -2.27. The molecule has 2 heterocycles. The predicted octanol–water partition coefficient (Wildman–Crippen LogP) is 3.33. The highest BCUT2D eigenvalue weighted by molar-refractivity contribution is 5.46. The molecule has 1 N–H and O–H groups in total. The van der Waals surface area contributed by atoms with Gasteiger partial charge in [-0.25, -0.2) is 4.39 Å². The van der Waals surface area contributed by atoms with Crippen LogP contribution in [0.15, 0.2) is 42.5 Å². The monoisotopic (exact) mass is 331 g/mol. The number of hydrogen-bond donors (Lipinski definition) is 1. The first-order valence-electron chi connectivity index (χ1n) is 9.11. The molecule has 4 nitrogen and oxygen atoms in total. The van der Waals surface area contributed by atoms with Gasteiger partial charge in [-0.15, -0.1) is 0 Å². The van der Waals surface area contributed by atoms with Gasteiger partial charge in [0.1, 0.15) is 14.3 Å². The fourth-order valence-corrected chi connectivity index (χ4v) is 3.30. The summed E-state index contributed by atoms with van der Waals surface area (Å²) < 4.78 is 44.3. The standard InChI is InChI=1S/C19H20FNO3/c20-15-3-1-13(2-4-15)17-7-8-21-10-14(17)11-22-16-5-6-18-19(9-16)24-12-23-18/h1-6,9,14,17,21H,7-8,10-12H2/t14-,17?/m0/s1/i12D2. The molecule has 2 aliphatic rings. The molecule has 126 valence electrons. The van der Waals surface area contributed by atoms with Gasteiger partial charge in [-0.2, -0.15) is 0 Å². The van der Waals surface area contributed by atoms with Gasteiger partial charge in [0.05, 0.1) is 6.61 Å². The van der Waals surface area contributed by atoms with Crippen LogP contribution in [0.1, 0.15) is 20.6 Å². The van der Waals surface area contributed by atoms with Crippen LogP contribution in [-0.4, -0.2) is 26.4 Å². The second kappa shape index (κ2) is 6.69. The van der Waals surface area contributed by atoms with E-state index in [0.717, 1.165) is 25.1 Å². The van der Waals surface area contributed by atoms with Gasteiger partial charge in [0.25, 0.3) is 0 Å². The van der Waals surface area contributed by atoms with Crippen LogP contribution in [0.3, 0.4) is 0 Å². The third kappa shape index (κ3) is 3.17. The Morgan fingerprint density at radius 2 is 2.00 bits per heavy atom. The molecule has 0 spiro atoms. The molecule has 0 aromatic heterocycles. The number of rotatable bonds is 4. The van der Waals surface area contributed by atoms with Gasteiger partial charge in [0.2, 0.25) is 6.75 Å². The van der Waals surface area contributed by atoms with Gasteiger partial charge in [-0.1, -0.05) is 12.1 Å². The molecule has 24 heavy (non-hydrogen) atoms. The van der Waals surface area contributed by atoms with Crippen LogP contribution >= 0.6 is 0 Å². The number of halogens is 1. The van der Waals surface area contributed by atoms with Crippen molar-refractivity contribution in [2.45, 2.75) is 12.3 Å². The fourth-order valence-electron chi connectivity index (χ4n) is 3.30. The van der Waals surface area contributed by atoms with Crippen LogP contribution in [-0.2, 0) is 0 Å². The van der Waals surface area contributed by atoms with E-state index in [1.807, 2.05) is 12.1 Å². The summed E-state index contributed by atoms with van der Waals surface area (Å²) >= 11 is 0. The van der Waals surface area contributed by atoms with Gasteiger partial charge in [0.15, 0.2) is 11.5 Å². The van der Waals surface area contributed by atoms with Crippen molar-refractivity contribution in [1.82, 2.24) is 5.32 Å². The van der Waals surface area contributed by atoms with Crippen LogP contribution in [0.2, 0.25) is 0 Å². The second-order valence-corrected chi connectivity index (χ2v) is 6.12. The van der Waals surface area contributed by atoms with E-state index in [4.69, 9.17) is 17.0 Å². The van der Waals surface area contributed by atoms with E-state index in [9.17, 15) is 4.39 Å². The molecule has 1 fully saturated rings. The van der Waals surface area contributed by atoms with Crippen molar-refractivity contribution >= 4 is 0 Å². The Morgan fingerprint density at radius 3 is 2.88 bits per heavy atom. The van der Waals surface area contributed by atoms with Gasteiger partial charge >= 0.3 is 0 Å². The molecular weight excluding hydrogens is 309 g/mol. The average Bonchev–Trinajstić information content (AvgIpc) is 2.94. The first kappa shape index (κ1) is 13.1. The Morgan fingerprint density at radius 1 is 1.17 bits per heavy atom. The first-order valence-corrected chi connectivity index (χ1v) is 8.11. The highest BCUT2D eigenvalue weighted by Gasteiger charge is 2.27. The Labute approximate surface area is 143 Å². The zero-order valence-corrected chi connectivity index (χ0v) is 13.1. The molecule has 1 saturated heterocycles. The number of nitrogens with one attached hydrogen (secondary N) is 1. The van der Waals surface area contributed by atoms with Crippen molar-refractivity contribution in [3.63, 3.8) is 0 Å². The van der Waals surface area contributed by atoms with Gasteiger partial charge in [-0.3, -0.25) is 0 Å². The van der Waals surface area contributed by atoms with E-state index in [1.54, 1.807) is 18.2 Å². The lowest BCUT2D eigenvalue weighted by molar-refractivity contribution is 0.173. The number of piperidine rings is 1. The maximum absolute atomic E-state index is 13.2. The van der Waals surface area contributed by atoms with Crippen LogP contribution in [0.4, 0.5) is 4.39 Å². The van der Waals surface area contributed by atoms with E-state index < -0.39 is 6.75 Å². The predicted molar refractivity (Wildman–Crippen MR) is 88.2 cm³/mol. The smallest absolute Gasteiger partial charge is 0.231 e. The van der Waals surface area contributed by atoms with Crippen LogP contribution in [0.5, 0.6) is 17.2 Å². The zero-order valence-electron chi connectivity index (χ0n) is 15.1. The lowest BCUT2D eigenvalue weighted by Crippen LogP contribution is -2.38. The van der Waals surface area contributed by atoms with E-state index in [0.29, 0.717) is 29.8 Å². The fraction of sp³-hybridized carbons (Fsp3) is 0.368. The van der Waals surface area contributed by atoms with Crippen LogP contribution in [0, 0.1) is 11.7 Å². The van der Waals surface area contributed by atoms with Crippen molar-refractivity contribution in [1.29, 1.82) is 0 Å². The topological polar surface area (TPSA) is 39.7 Å². The van der Waals surface area contributed by atoms with Crippen molar-refractivity contribution in [2.75, 3.05) is 26.4 Å². The third-order valence-corrected chi connectivity index (χ3v) is 4.59. The summed E-state index contributed by atoms with van der Waals surface area (Å²) in [6, 6.07) is 11.7. The molecule has 5 heteroatoms. The number of benzene rings is 2. The Balaban J connectivity index is 1.44. The summed E-state index contributed by atoms with van der Waals surface area (Å²) in [5.74, 6) is 1.64. The quantitative estimate of drug-likeness (QED) is 0.933. The summed E-state index contributed by atoms with van der Waals surface area (Å²) in [7, 11) is 0. The lowest BCUT2D eigenvalue weighted by atomic mass is 9.81. The molecule has 2 aliphatic heterocycles. The highest BCUT2D eigenvalue weighted by Crippen LogP contribution is 2.36. The van der Waals surface area contributed by atoms with Gasteiger partial charge < -0.3 is 19.5 Å². The minimum absolute atomic E-state index is 0.226. The summed E-state index contributed by atoms with van der Waals surface area (Å²) in [6.07, 6.45) is 0.973. The molecular formula is C19H20FNO3. The summed E-state index contributed by atoms with van der Waals surface area (Å²) in [5, 5.41) is 3.39. The summed E-state index contributed by atoms with van der Waals surface area (Å²) in [4.78, 5) is 0. The molecule has 4 rings (SSSR count). The largest absolute Gasteiger partial charge is 0.493 e. The molecule has 0 amide bonds. The number of fused-ring (bicyclic) bond motifs is 1. The van der Waals surface area contributed by atoms with Gasteiger partial charge in [-0.05, 0) is 48.7 Å². The average molecular weight is 331 g/mol. The number of hydrogen-bond acceptors (Lipinski definition) is 4. The summed E-state index contributed by atoms with van der Waals surface area (Å²) in [5.41, 5.74) is 1.13. The highest BCUT2D eigenvalue weighted by atomic mass is 19.1. The number of ether oxygens (including phenoxy) is 3. The molecule has 2 atom stereocenters. The van der Waals surface area contributed by atoms with E-state index in [-0.39, 0.29) is 11.7 Å². The second-order valence-electron chi connectivity index (χ2n) is 6.12.